The molecule has 1 aliphatic heterocycles. The molecule has 0 fully saturated rings. The minimum absolute atomic E-state index is 0.0995. The number of hydrogen-bond acceptors (Lipinski definition) is 5. The summed E-state index contributed by atoms with van der Waals surface area (Å²) in [5, 5.41) is 2.89. The lowest BCUT2D eigenvalue weighted by Gasteiger charge is -2.30. The Labute approximate surface area is 215 Å². The second kappa shape index (κ2) is 10.9. The van der Waals surface area contributed by atoms with Gasteiger partial charge in [0.05, 0.1) is 19.3 Å². The Balaban J connectivity index is 1.26. The lowest BCUT2D eigenvalue weighted by atomic mass is 10.1. The highest BCUT2D eigenvalue weighted by atomic mass is 16.5. The molecule has 4 aromatic rings. The minimum Gasteiger partial charge on any atom is -0.496 e. The number of rotatable bonds is 8. The Kier molecular flexibility index (Phi) is 7.03. The average Bonchev–Trinajstić information content (AvgIpc) is 2.94. The first-order chi connectivity index (χ1) is 18.1. The average molecular weight is 495 g/mol. The van der Waals surface area contributed by atoms with Crippen LogP contribution in [-0.4, -0.2) is 25.5 Å². The van der Waals surface area contributed by atoms with Crippen molar-refractivity contribution in [3.63, 3.8) is 0 Å². The molecule has 1 heterocycles. The first-order valence-corrected chi connectivity index (χ1v) is 11.9. The van der Waals surface area contributed by atoms with Gasteiger partial charge in [0.25, 0.3) is 11.8 Å². The van der Waals surface area contributed by atoms with E-state index in [1.165, 1.54) is 0 Å². The zero-order chi connectivity index (χ0) is 25.6. The molecule has 37 heavy (non-hydrogen) atoms. The number of fused-ring (bicyclic) bond motifs is 1. The van der Waals surface area contributed by atoms with Gasteiger partial charge in [0, 0.05) is 16.8 Å². The standard InChI is InChI=1S/C30H26N2O5/c1-35-27-10-6-5-9-23(27)18-32-26-16-11-22(17-28(26)37-20-29(32)33)30(34)31-24-12-14-25(15-13-24)36-19-21-7-3-2-4-8-21/h2-17H,18-20H2,1H3,(H,31,34). The number of carbonyl (C=O) groups excluding carboxylic acids is 2. The van der Waals surface area contributed by atoms with Gasteiger partial charge in [0.15, 0.2) is 6.61 Å². The van der Waals surface area contributed by atoms with Crippen LogP contribution in [0.1, 0.15) is 21.5 Å². The number of hydrogen-bond donors (Lipinski definition) is 1. The van der Waals surface area contributed by atoms with Crippen LogP contribution in [0.3, 0.4) is 0 Å². The Hall–Kier alpha value is -4.78. The molecule has 2 amide bonds. The number of nitrogens with zero attached hydrogens (tertiary/aromatic N) is 1. The van der Waals surface area contributed by atoms with Crippen LogP contribution in [0.2, 0.25) is 0 Å². The van der Waals surface area contributed by atoms with E-state index < -0.39 is 0 Å². The monoisotopic (exact) mass is 494 g/mol. The quantitative estimate of drug-likeness (QED) is 0.352. The van der Waals surface area contributed by atoms with Crippen molar-refractivity contribution >= 4 is 23.2 Å². The molecule has 5 rings (SSSR count). The first kappa shape index (κ1) is 23.9. The molecule has 0 saturated heterocycles. The van der Waals surface area contributed by atoms with E-state index in [0.717, 1.165) is 11.1 Å². The summed E-state index contributed by atoms with van der Waals surface area (Å²) in [7, 11) is 1.60. The van der Waals surface area contributed by atoms with Gasteiger partial charge in [-0.1, -0.05) is 48.5 Å². The van der Waals surface area contributed by atoms with Crippen molar-refractivity contribution in [2.45, 2.75) is 13.2 Å². The molecule has 186 valence electrons. The van der Waals surface area contributed by atoms with Crippen molar-refractivity contribution in [3.8, 4) is 17.2 Å². The van der Waals surface area contributed by atoms with E-state index in [1.807, 2.05) is 66.7 Å². The Morgan fingerprint density at radius 1 is 0.946 bits per heavy atom. The molecule has 4 aromatic carbocycles. The van der Waals surface area contributed by atoms with Gasteiger partial charge in [0.1, 0.15) is 23.9 Å². The summed E-state index contributed by atoms with van der Waals surface area (Å²) in [4.78, 5) is 27.2. The number of anilines is 2. The van der Waals surface area contributed by atoms with Crippen LogP contribution in [0.5, 0.6) is 17.2 Å². The van der Waals surface area contributed by atoms with Crippen molar-refractivity contribution in [1.82, 2.24) is 0 Å². The summed E-state index contributed by atoms with van der Waals surface area (Å²) in [6, 6.07) is 29.8. The van der Waals surface area contributed by atoms with Gasteiger partial charge in [-0.15, -0.1) is 0 Å². The number of benzene rings is 4. The maximum absolute atomic E-state index is 12.9. The summed E-state index contributed by atoms with van der Waals surface area (Å²) in [5.41, 5.74) is 3.64. The van der Waals surface area contributed by atoms with Gasteiger partial charge < -0.3 is 24.4 Å². The van der Waals surface area contributed by atoms with E-state index in [2.05, 4.69) is 5.32 Å². The lowest BCUT2D eigenvalue weighted by molar-refractivity contribution is -0.121. The molecule has 0 radical (unpaired) electrons. The largest absolute Gasteiger partial charge is 0.496 e. The molecule has 0 aliphatic carbocycles. The number of para-hydroxylation sites is 1. The van der Waals surface area contributed by atoms with Crippen LogP contribution in [0, 0.1) is 0 Å². The van der Waals surface area contributed by atoms with Crippen LogP contribution < -0.4 is 24.4 Å². The zero-order valence-corrected chi connectivity index (χ0v) is 20.3. The van der Waals surface area contributed by atoms with Gasteiger partial charge in [-0.25, -0.2) is 0 Å². The molecule has 0 saturated carbocycles. The van der Waals surface area contributed by atoms with Crippen LogP contribution in [0.4, 0.5) is 11.4 Å². The second-order valence-electron chi connectivity index (χ2n) is 8.52. The van der Waals surface area contributed by atoms with Crippen LogP contribution in [0.25, 0.3) is 0 Å². The Morgan fingerprint density at radius 2 is 1.70 bits per heavy atom. The van der Waals surface area contributed by atoms with E-state index in [0.29, 0.717) is 47.3 Å². The molecular weight excluding hydrogens is 468 g/mol. The van der Waals surface area contributed by atoms with E-state index in [-0.39, 0.29) is 18.4 Å². The van der Waals surface area contributed by atoms with Crippen molar-refractivity contribution in [2.24, 2.45) is 0 Å². The summed E-state index contributed by atoms with van der Waals surface area (Å²) in [5.74, 6) is 1.45. The van der Waals surface area contributed by atoms with Gasteiger partial charge >= 0.3 is 0 Å². The van der Waals surface area contributed by atoms with Crippen LogP contribution in [0.15, 0.2) is 97.1 Å². The second-order valence-corrected chi connectivity index (χ2v) is 8.52. The van der Waals surface area contributed by atoms with E-state index in [1.54, 1.807) is 42.3 Å². The maximum atomic E-state index is 12.9. The molecule has 0 bridgehead atoms. The van der Waals surface area contributed by atoms with Gasteiger partial charge in [0.2, 0.25) is 0 Å². The summed E-state index contributed by atoms with van der Waals surface area (Å²) in [6.45, 7) is 0.708. The third kappa shape index (κ3) is 5.56. The number of carbonyl (C=O) groups is 2. The summed E-state index contributed by atoms with van der Waals surface area (Å²) in [6.07, 6.45) is 0. The predicted molar refractivity (Wildman–Crippen MR) is 141 cm³/mol. The molecule has 7 nitrogen and oxygen atoms in total. The normalized spacial score (nSPS) is 12.4. The van der Waals surface area contributed by atoms with Crippen molar-refractivity contribution in [2.75, 3.05) is 23.9 Å². The van der Waals surface area contributed by atoms with E-state index >= 15 is 0 Å². The topological polar surface area (TPSA) is 77.1 Å². The van der Waals surface area contributed by atoms with Crippen molar-refractivity contribution in [1.29, 1.82) is 0 Å². The highest BCUT2D eigenvalue weighted by Gasteiger charge is 2.27. The lowest BCUT2D eigenvalue weighted by Crippen LogP contribution is -2.38. The van der Waals surface area contributed by atoms with E-state index in [9.17, 15) is 9.59 Å². The maximum Gasteiger partial charge on any atom is 0.265 e. The highest BCUT2D eigenvalue weighted by molar-refractivity contribution is 6.06. The SMILES string of the molecule is COc1ccccc1CN1C(=O)COc2cc(C(=O)Nc3ccc(OCc4ccccc4)cc3)ccc21. The van der Waals surface area contributed by atoms with Gasteiger partial charge in [-0.2, -0.15) is 0 Å². The first-order valence-electron chi connectivity index (χ1n) is 11.9. The van der Waals surface area contributed by atoms with Crippen molar-refractivity contribution < 1.29 is 23.8 Å². The van der Waals surface area contributed by atoms with Crippen molar-refractivity contribution in [3.05, 3.63) is 114 Å². The molecule has 0 spiro atoms. The Bertz CT molecular complexity index is 1400. The third-order valence-electron chi connectivity index (χ3n) is 6.05. The Morgan fingerprint density at radius 3 is 2.49 bits per heavy atom. The molecule has 1 N–H and O–H groups in total. The van der Waals surface area contributed by atoms with Gasteiger partial charge in [-0.05, 0) is 54.1 Å². The minimum atomic E-state index is -0.280. The molecule has 0 unspecified atom stereocenters. The summed E-state index contributed by atoms with van der Waals surface area (Å²) >= 11 is 0. The van der Waals surface area contributed by atoms with E-state index in [4.69, 9.17) is 14.2 Å². The number of methoxy groups -OCH3 is 1. The fourth-order valence-corrected chi connectivity index (χ4v) is 4.10. The fraction of sp³-hybridized carbons (Fsp3) is 0.133. The number of nitrogens with one attached hydrogen (secondary N) is 1. The van der Waals surface area contributed by atoms with Crippen LogP contribution in [-0.2, 0) is 17.9 Å². The zero-order valence-electron chi connectivity index (χ0n) is 20.3. The highest BCUT2D eigenvalue weighted by Crippen LogP contribution is 2.35. The third-order valence-corrected chi connectivity index (χ3v) is 6.05. The van der Waals surface area contributed by atoms with Gasteiger partial charge in [-0.3, -0.25) is 9.59 Å². The molecule has 0 aromatic heterocycles. The number of ether oxygens (including phenoxy) is 3. The smallest absolute Gasteiger partial charge is 0.265 e. The molecule has 1 aliphatic rings. The molecule has 7 heteroatoms. The molecule has 0 atom stereocenters. The number of amides is 2. The molecular formula is C30H26N2O5. The van der Waals surface area contributed by atoms with Crippen LogP contribution >= 0.6 is 0 Å². The summed E-state index contributed by atoms with van der Waals surface area (Å²) < 4.78 is 16.9. The predicted octanol–water partition coefficient (Wildman–Crippen LogP) is 5.45. The fourth-order valence-electron chi connectivity index (χ4n) is 4.10.